The number of aromatic nitrogens is 3. The maximum atomic E-state index is 11.7. The molecule has 0 unspecified atom stereocenters. The molecule has 4 heteroatoms. The van der Waals surface area contributed by atoms with Gasteiger partial charge in [0.05, 0.1) is 6.20 Å². The highest BCUT2D eigenvalue weighted by molar-refractivity contribution is 6.07. The summed E-state index contributed by atoms with van der Waals surface area (Å²) >= 11 is 0. The van der Waals surface area contributed by atoms with E-state index in [1.165, 1.54) is 4.68 Å². The minimum atomic E-state index is -0.0984. The fraction of sp³-hybridized carbons (Fsp3) is 0.100. The van der Waals surface area contributed by atoms with Gasteiger partial charge in [-0.3, -0.25) is 9.48 Å². The molecule has 0 atom stereocenters. The van der Waals surface area contributed by atoms with Crippen molar-refractivity contribution in [3.8, 4) is 0 Å². The summed E-state index contributed by atoms with van der Waals surface area (Å²) in [5, 5.41) is 7.46. The number of carbonyl (C=O) groups excluding carboxylic acids is 1. The minimum Gasteiger partial charge on any atom is -0.287 e. The maximum Gasteiger partial charge on any atom is 0.214 e. The maximum absolute atomic E-state index is 11.7. The summed E-state index contributed by atoms with van der Waals surface area (Å²) in [6, 6.07) is 9.04. The molecule has 4 nitrogen and oxygen atoms in total. The van der Waals surface area contributed by atoms with Crippen molar-refractivity contribution in [2.45, 2.75) is 0 Å². The van der Waals surface area contributed by atoms with E-state index in [0.29, 0.717) is 11.3 Å². The quantitative estimate of drug-likeness (QED) is 0.660. The third-order valence-electron chi connectivity index (χ3n) is 1.87. The zero-order valence-electron chi connectivity index (χ0n) is 7.71. The highest BCUT2D eigenvalue weighted by Crippen LogP contribution is 2.05. The highest BCUT2D eigenvalue weighted by atomic mass is 16.1. The summed E-state index contributed by atoms with van der Waals surface area (Å²) in [7, 11) is 1.73. The lowest BCUT2D eigenvalue weighted by Gasteiger charge is -1.94. The van der Waals surface area contributed by atoms with Gasteiger partial charge in [-0.25, -0.2) is 0 Å². The molecule has 2 rings (SSSR count). The van der Waals surface area contributed by atoms with Gasteiger partial charge in [0.25, 0.3) is 0 Å². The van der Waals surface area contributed by atoms with Crippen LogP contribution in [0, 0.1) is 0 Å². The molecule has 0 aliphatic rings. The van der Waals surface area contributed by atoms with Crippen molar-refractivity contribution < 1.29 is 4.79 Å². The van der Waals surface area contributed by atoms with Crippen LogP contribution in [0.25, 0.3) is 0 Å². The number of hydrogen-bond acceptors (Lipinski definition) is 3. The second kappa shape index (κ2) is 3.41. The number of aryl methyl sites for hydroxylation is 1. The Morgan fingerprint density at radius 2 is 2.00 bits per heavy atom. The normalized spacial score (nSPS) is 10.1. The van der Waals surface area contributed by atoms with Crippen LogP contribution >= 0.6 is 0 Å². The molecule has 1 aromatic heterocycles. The standard InChI is InChI=1S/C10H9N3O/c1-13-7-9(11-12-13)10(14)8-5-3-2-4-6-8/h2-7H,1H3. The molecule has 0 aliphatic heterocycles. The lowest BCUT2D eigenvalue weighted by atomic mass is 10.1. The highest BCUT2D eigenvalue weighted by Gasteiger charge is 2.11. The Hall–Kier alpha value is -1.97. The van der Waals surface area contributed by atoms with Gasteiger partial charge >= 0.3 is 0 Å². The summed E-state index contributed by atoms with van der Waals surface area (Å²) < 4.78 is 1.51. The first-order valence-electron chi connectivity index (χ1n) is 4.23. The Morgan fingerprint density at radius 3 is 2.57 bits per heavy atom. The number of benzene rings is 1. The van der Waals surface area contributed by atoms with Crippen LogP contribution in [0.2, 0.25) is 0 Å². The summed E-state index contributed by atoms with van der Waals surface area (Å²) in [6.45, 7) is 0. The van der Waals surface area contributed by atoms with Crippen molar-refractivity contribution in [2.24, 2.45) is 7.05 Å². The van der Waals surface area contributed by atoms with Gasteiger partial charge in [-0.15, -0.1) is 5.10 Å². The van der Waals surface area contributed by atoms with Crippen LogP contribution in [0.3, 0.4) is 0 Å². The number of rotatable bonds is 2. The first-order valence-corrected chi connectivity index (χ1v) is 4.23. The molecular formula is C10H9N3O. The zero-order chi connectivity index (χ0) is 9.97. The van der Waals surface area contributed by atoms with E-state index in [2.05, 4.69) is 10.3 Å². The van der Waals surface area contributed by atoms with Crippen LogP contribution in [0.5, 0.6) is 0 Å². The van der Waals surface area contributed by atoms with E-state index >= 15 is 0 Å². The molecule has 70 valence electrons. The zero-order valence-corrected chi connectivity index (χ0v) is 7.71. The second-order valence-corrected chi connectivity index (χ2v) is 2.97. The summed E-state index contributed by atoms with van der Waals surface area (Å²) in [4.78, 5) is 11.7. The van der Waals surface area contributed by atoms with Crippen LogP contribution in [0.1, 0.15) is 16.1 Å². The SMILES string of the molecule is Cn1cc(C(=O)c2ccccc2)nn1. The molecule has 1 heterocycles. The fourth-order valence-corrected chi connectivity index (χ4v) is 1.19. The molecule has 0 N–H and O–H groups in total. The predicted octanol–water partition coefficient (Wildman–Crippen LogP) is 1.05. The van der Waals surface area contributed by atoms with Gasteiger partial charge in [0.2, 0.25) is 5.78 Å². The lowest BCUT2D eigenvalue weighted by Crippen LogP contribution is -2.01. The first kappa shape index (κ1) is 8.62. The second-order valence-electron chi connectivity index (χ2n) is 2.97. The molecule has 2 aromatic rings. The lowest BCUT2D eigenvalue weighted by molar-refractivity contribution is 0.103. The van der Waals surface area contributed by atoms with E-state index in [9.17, 15) is 4.79 Å². The molecule has 0 fully saturated rings. The number of carbonyl (C=O) groups is 1. The fourth-order valence-electron chi connectivity index (χ4n) is 1.19. The number of hydrogen-bond donors (Lipinski definition) is 0. The van der Waals surface area contributed by atoms with Crippen LogP contribution in [0.15, 0.2) is 36.5 Å². The molecule has 0 amide bonds. The van der Waals surface area contributed by atoms with Crippen LogP contribution in [-0.4, -0.2) is 20.8 Å². The number of ketones is 1. The van der Waals surface area contributed by atoms with Gasteiger partial charge in [-0.1, -0.05) is 35.5 Å². The molecule has 0 spiro atoms. The van der Waals surface area contributed by atoms with Gasteiger partial charge in [-0.2, -0.15) is 0 Å². The molecule has 0 saturated carbocycles. The smallest absolute Gasteiger partial charge is 0.214 e. The third kappa shape index (κ3) is 1.54. The molecule has 1 aromatic carbocycles. The van der Waals surface area contributed by atoms with E-state index in [0.717, 1.165) is 0 Å². The molecular weight excluding hydrogens is 178 g/mol. The summed E-state index contributed by atoms with van der Waals surface area (Å²) in [6.07, 6.45) is 1.61. The molecule has 14 heavy (non-hydrogen) atoms. The van der Waals surface area contributed by atoms with Crippen LogP contribution in [0.4, 0.5) is 0 Å². The van der Waals surface area contributed by atoms with Crippen LogP contribution < -0.4 is 0 Å². The molecule has 0 radical (unpaired) electrons. The monoisotopic (exact) mass is 187 g/mol. The van der Waals surface area contributed by atoms with Gasteiger partial charge < -0.3 is 0 Å². The van der Waals surface area contributed by atoms with E-state index < -0.39 is 0 Å². The van der Waals surface area contributed by atoms with Gasteiger partial charge in [0, 0.05) is 12.6 Å². The van der Waals surface area contributed by atoms with E-state index in [4.69, 9.17) is 0 Å². The Labute approximate surface area is 81.2 Å². The van der Waals surface area contributed by atoms with Crippen molar-refractivity contribution >= 4 is 5.78 Å². The topological polar surface area (TPSA) is 47.8 Å². The summed E-state index contributed by atoms with van der Waals surface area (Å²) in [5.74, 6) is -0.0984. The van der Waals surface area contributed by atoms with Gasteiger partial charge in [0.15, 0.2) is 5.69 Å². The Balaban J connectivity index is 2.34. The van der Waals surface area contributed by atoms with Crippen molar-refractivity contribution in [1.82, 2.24) is 15.0 Å². The molecule has 0 bridgehead atoms. The molecule has 0 saturated heterocycles. The van der Waals surface area contributed by atoms with Crippen molar-refractivity contribution in [1.29, 1.82) is 0 Å². The average Bonchev–Trinajstić information content (AvgIpc) is 2.65. The molecule has 0 aliphatic carbocycles. The average molecular weight is 187 g/mol. The Bertz CT molecular complexity index is 447. The van der Waals surface area contributed by atoms with Crippen LogP contribution in [-0.2, 0) is 7.05 Å². The number of nitrogens with zero attached hydrogens (tertiary/aromatic N) is 3. The minimum absolute atomic E-state index is 0.0984. The van der Waals surface area contributed by atoms with Gasteiger partial charge in [0.1, 0.15) is 0 Å². The Kier molecular flexibility index (Phi) is 2.10. The van der Waals surface area contributed by atoms with Crippen molar-refractivity contribution in [3.05, 3.63) is 47.8 Å². The van der Waals surface area contributed by atoms with E-state index in [1.54, 1.807) is 25.4 Å². The van der Waals surface area contributed by atoms with Gasteiger partial charge in [-0.05, 0) is 0 Å². The predicted molar refractivity (Wildman–Crippen MR) is 50.9 cm³/mol. The van der Waals surface area contributed by atoms with Crippen molar-refractivity contribution in [3.63, 3.8) is 0 Å². The van der Waals surface area contributed by atoms with E-state index in [-0.39, 0.29) is 5.78 Å². The Morgan fingerprint density at radius 1 is 1.29 bits per heavy atom. The first-order chi connectivity index (χ1) is 6.77. The van der Waals surface area contributed by atoms with E-state index in [1.807, 2.05) is 18.2 Å². The summed E-state index contributed by atoms with van der Waals surface area (Å²) in [5.41, 5.74) is 1.01. The largest absolute Gasteiger partial charge is 0.287 e. The third-order valence-corrected chi connectivity index (χ3v) is 1.87. The van der Waals surface area contributed by atoms with Crippen molar-refractivity contribution in [2.75, 3.05) is 0 Å².